The SMILES string of the molecule is Cc1nc(-c2cnccn2)n(-c2ccc(Cl)cc2C)n1. The molecule has 5 nitrogen and oxygen atoms in total. The van der Waals surface area contributed by atoms with Crippen LogP contribution in [0, 0.1) is 13.8 Å². The zero-order chi connectivity index (χ0) is 14.1. The van der Waals surface area contributed by atoms with Crippen molar-refractivity contribution >= 4 is 11.6 Å². The average Bonchev–Trinajstić information content (AvgIpc) is 2.81. The predicted molar refractivity (Wildman–Crippen MR) is 76.9 cm³/mol. The Morgan fingerprint density at radius 1 is 1.15 bits per heavy atom. The molecule has 0 aliphatic carbocycles. The number of halogens is 1. The smallest absolute Gasteiger partial charge is 0.183 e. The van der Waals surface area contributed by atoms with E-state index in [1.165, 1.54) is 0 Å². The van der Waals surface area contributed by atoms with Gasteiger partial charge in [0.1, 0.15) is 11.5 Å². The van der Waals surface area contributed by atoms with Gasteiger partial charge >= 0.3 is 0 Å². The van der Waals surface area contributed by atoms with Gasteiger partial charge in [-0.2, -0.15) is 5.10 Å². The molecule has 0 atom stereocenters. The van der Waals surface area contributed by atoms with Crippen molar-refractivity contribution in [3.63, 3.8) is 0 Å². The number of benzene rings is 1. The van der Waals surface area contributed by atoms with Crippen molar-refractivity contribution in [2.45, 2.75) is 13.8 Å². The monoisotopic (exact) mass is 285 g/mol. The van der Waals surface area contributed by atoms with Gasteiger partial charge in [-0.3, -0.25) is 4.98 Å². The van der Waals surface area contributed by atoms with Gasteiger partial charge < -0.3 is 0 Å². The lowest BCUT2D eigenvalue weighted by atomic mass is 10.2. The lowest BCUT2D eigenvalue weighted by Gasteiger charge is -2.08. The first kappa shape index (κ1) is 12.7. The Bertz CT molecular complexity index is 752. The fourth-order valence-corrected chi connectivity index (χ4v) is 2.25. The van der Waals surface area contributed by atoms with Crippen molar-refractivity contribution in [1.29, 1.82) is 0 Å². The highest BCUT2D eigenvalue weighted by Crippen LogP contribution is 2.23. The second-order valence-electron chi connectivity index (χ2n) is 4.42. The molecular weight excluding hydrogens is 274 g/mol. The molecule has 0 fully saturated rings. The van der Waals surface area contributed by atoms with Crippen molar-refractivity contribution in [2.24, 2.45) is 0 Å². The lowest BCUT2D eigenvalue weighted by Crippen LogP contribution is -2.03. The van der Waals surface area contributed by atoms with Crippen LogP contribution in [0.25, 0.3) is 17.2 Å². The van der Waals surface area contributed by atoms with Crippen LogP contribution in [0.2, 0.25) is 5.02 Å². The van der Waals surface area contributed by atoms with Crippen LogP contribution >= 0.6 is 11.6 Å². The molecule has 0 amide bonds. The molecule has 0 N–H and O–H groups in total. The zero-order valence-corrected chi connectivity index (χ0v) is 11.8. The highest BCUT2D eigenvalue weighted by atomic mass is 35.5. The van der Waals surface area contributed by atoms with Crippen LogP contribution in [0.5, 0.6) is 0 Å². The topological polar surface area (TPSA) is 56.5 Å². The first-order valence-corrected chi connectivity index (χ1v) is 6.49. The van der Waals surface area contributed by atoms with Crippen molar-refractivity contribution in [3.05, 3.63) is 53.2 Å². The van der Waals surface area contributed by atoms with Crippen molar-refractivity contribution < 1.29 is 0 Å². The summed E-state index contributed by atoms with van der Waals surface area (Å²) < 4.78 is 1.77. The molecule has 6 heteroatoms. The van der Waals surface area contributed by atoms with Gasteiger partial charge in [-0.15, -0.1) is 0 Å². The van der Waals surface area contributed by atoms with E-state index >= 15 is 0 Å². The van der Waals surface area contributed by atoms with Crippen LogP contribution in [0.1, 0.15) is 11.4 Å². The summed E-state index contributed by atoms with van der Waals surface area (Å²) in [6.45, 7) is 3.83. The molecule has 3 aromatic rings. The van der Waals surface area contributed by atoms with E-state index in [0.717, 1.165) is 11.3 Å². The summed E-state index contributed by atoms with van der Waals surface area (Å²) in [5.41, 5.74) is 2.63. The minimum atomic E-state index is 0.668. The Hall–Kier alpha value is -2.27. The maximum absolute atomic E-state index is 6.00. The highest BCUT2D eigenvalue weighted by Gasteiger charge is 2.14. The third-order valence-electron chi connectivity index (χ3n) is 2.89. The predicted octanol–water partition coefficient (Wildman–Crippen LogP) is 2.99. The Morgan fingerprint density at radius 2 is 2.00 bits per heavy atom. The molecule has 0 spiro atoms. The summed E-state index contributed by atoms with van der Waals surface area (Å²) in [6, 6.07) is 5.65. The Kier molecular flexibility index (Phi) is 3.20. The number of aryl methyl sites for hydroxylation is 2. The molecule has 100 valence electrons. The van der Waals surface area contributed by atoms with Crippen LogP contribution in [0.3, 0.4) is 0 Å². The molecule has 20 heavy (non-hydrogen) atoms. The van der Waals surface area contributed by atoms with E-state index in [0.29, 0.717) is 22.4 Å². The molecule has 0 saturated carbocycles. The first-order valence-electron chi connectivity index (χ1n) is 6.12. The van der Waals surface area contributed by atoms with Crippen molar-refractivity contribution in [3.8, 4) is 17.2 Å². The fourth-order valence-electron chi connectivity index (χ4n) is 2.02. The second-order valence-corrected chi connectivity index (χ2v) is 4.85. The van der Waals surface area contributed by atoms with Gasteiger partial charge in [0.05, 0.1) is 11.9 Å². The zero-order valence-electron chi connectivity index (χ0n) is 11.1. The second kappa shape index (κ2) is 5.02. The standard InChI is InChI=1S/C14H12ClN5/c1-9-7-11(15)3-4-13(9)20-14(18-10(2)19-20)12-8-16-5-6-17-12/h3-8H,1-2H3. The summed E-state index contributed by atoms with van der Waals surface area (Å²) in [6.07, 6.45) is 4.94. The van der Waals surface area contributed by atoms with Crippen molar-refractivity contribution in [2.75, 3.05) is 0 Å². The Morgan fingerprint density at radius 3 is 2.70 bits per heavy atom. The van der Waals surface area contributed by atoms with E-state index in [-0.39, 0.29) is 0 Å². The van der Waals surface area contributed by atoms with Gasteiger partial charge in [-0.25, -0.2) is 14.6 Å². The van der Waals surface area contributed by atoms with Gasteiger partial charge in [0.2, 0.25) is 0 Å². The summed E-state index contributed by atoms with van der Waals surface area (Å²) in [4.78, 5) is 12.8. The number of hydrogen-bond acceptors (Lipinski definition) is 4. The first-order chi connectivity index (χ1) is 9.65. The van der Waals surface area contributed by atoms with E-state index in [9.17, 15) is 0 Å². The maximum Gasteiger partial charge on any atom is 0.183 e. The molecule has 2 aromatic heterocycles. The van der Waals surface area contributed by atoms with Crippen LogP contribution in [0.15, 0.2) is 36.8 Å². The van der Waals surface area contributed by atoms with E-state index in [2.05, 4.69) is 20.1 Å². The normalized spacial score (nSPS) is 10.8. The quantitative estimate of drug-likeness (QED) is 0.726. The molecule has 0 radical (unpaired) electrons. The summed E-state index contributed by atoms with van der Waals surface area (Å²) in [5.74, 6) is 1.35. The van der Waals surface area contributed by atoms with E-state index in [4.69, 9.17) is 11.6 Å². The highest BCUT2D eigenvalue weighted by molar-refractivity contribution is 6.30. The molecule has 0 unspecified atom stereocenters. The third-order valence-corrected chi connectivity index (χ3v) is 3.13. The molecule has 0 aliphatic rings. The molecule has 3 rings (SSSR count). The molecular formula is C14H12ClN5. The van der Waals surface area contributed by atoms with Gasteiger partial charge in [0, 0.05) is 17.4 Å². The van der Waals surface area contributed by atoms with Gasteiger partial charge in [-0.05, 0) is 37.6 Å². The number of hydrogen-bond donors (Lipinski definition) is 0. The fraction of sp³-hybridized carbons (Fsp3) is 0.143. The third kappa shape index (κ3) is 2.28. The van der Waals surface area contributed by atoms with Crippen LogP contribution in [-0.2, 0) is 0 Å². The van der Waals surface area contributed by atoms with E-state index < -0.39 is 0 Å². The molecule has 1 aromatic carbocycles. The largest absolute Gasteiger partial charge is 0.261 e. The summed E-state index contributed by atoms with van der Waals surface area (Å²) in [7, 11) is 0. The molecule has 0 saturated heterocycles. The van der Waals surface area contributed by atoms with Crippen LogP contribution in [-0.4, -0.2) is 24.7 Å². The maximum atomic E-state index is 6.00. The van der Waals surface area contributed by atoms with Crippen LogP contribution < -0.4 is 0 Å². The average molecular weight is 286 g/mol. The van der Waals surface area contributed by atoms with Crippen LogP contribution in [0.4, 0.5) is 0 Å². The number of rotatable bonds is 2. The molecule has 0 aliphatic heterocycles. The summed E-state index contributed by atoms with van der Waals surface area (Å²) in [5, 5.41) is 5.14. The number of aromatic nitrogens is 5. The Balaban J connectivity index is 2.20. The van der Waals surface area contributed by atoms with E-state index in [1.54, 1.807) is 23.3 Å². The van der Waals surface area contributed by atoms with Crippen molar-refractivity contribution in [1.82, 2.24) is 24.7 Å². The van der Waals surface area contributed by atoms with Gasteiger partial charge in [0.15, 0.2) is 5.82 Å². The molecule has 0 bridgehead atoms. The van der Waals surface area contributed by atoms with Gasteiger partial charge in [0.25, 0.3) is 0 Å². The van der Waals surface area contributed by atoms with E-state index in [1.807, 2.05) is 32.0 Å². The summed E-state index contributed by atoms with van der Waals surface area (Å²) >= 11 is 6.00. The minimum Gasteiger partial charge on any atom is -0.261 e. The lowest BCUT2D eigenvalue weighted by molar-refractivity contribution is 0.858. The number of nitrogens with zero attached hydrogens (tertiary/aromatic N) is 5. The van der Waals surface area contributed by atoms with Gasteiger partial charge in [-0.1, -0.05) is 11.6 Å². The minimum absolute atomic E-state index is 0.668. The molecule has 2 heterocycles. The Labute approximate surface area is 121 Å².